The van der Waals surface area contributed by atoms with Crippen LogP contribution in [-0.4, -0.2) is 0 Å². The summed E-state index contributed by atoms with van der Waals surface area (Å²) in [5.74, 6) is 0.683. The van der Waals surface area contributed by atoms with Crippen LogP contribution in [0, 0.1) is 16.7 Å². The molecular weight excluding hydrogens is 267 g/mol. The Morgan fingerprint density at radius 1 is 1.18 bits per heavy atom. The zero-order valence-corrected chi connectivity index (χ0v) is 10.3. The second kappa shape index (κ2) is 3.44. The van der Waals surface area contributed by atoms with E-state index >= 15 is 0 Å². The molecule has 0 atom stereocenters. The Morgan fingerprint density at radius 3 is 1.91 bits per heavy atom. The van der Waals surface area contributed by atoms with Crippen LogP contribution in [0.1, 0.15) is 35.8 Å². The van der Waals surface area contributed by atoms with E-state index in [1.807, 2.05) is 11.3 Å². The highest BCUT2D eigenvalue weighted by atomic mass is 127. The minimum Gasteiger partial charge on any atom is -0.133 e. The Hall–Kier alpha value is 0.430. The molecule has 0 aromatic carbocycles. The molecule has 0 radical (unpaired) electrons. The van der Waals surface area contributed by atoms with Crippen molar-refractivity contribution in [1.29, 1.82) is 0 Å². The fourth-order valence-corrected chi connectivity index (χ4v) is 3.29. The first-order valence-corrected chi connectivity index (χ1v) is 5.69. The normalized spacial score (nSPS) is 11.1. The number of hydrogen-bond acceptors (Lipinski definition) is 1. The summed E-state index contributed by atoms with van der Waals surface area (Å²) in [6.07, 6.45) is 0. The summed E-state index contributed by atoms with van der Waals surface area (Å²) in [6.45, 7) is 8.95. The molecule has 0 aliphatic carbocycles. The lowest BCUT2D eigenvalue weighted by Crippen LogP contribution is -1.85. The summed E-state index contributed by atoms with van der Waals surface area (Å²) >= 11 is 4.36. The third kappa shape index (κ3) is 1.78. The monoisotopic (exact) mass is 280 g/mol. The second-order valence-corrected chi connectivity index (χ2v) is 6.01. The fraction of sp³-hybridized carbons (Fsp3) is 0.556. The topological polar surface area (TPSA) is 0 Å². The van der Waals surface area contributed by atoms with Crippen LogP contribution in [0.15, 0.2) is 0 Å². The van der Waals surface area contributed by atoms with Gasteiger partial charge in [-0.15, -0.1) is 11.3 Å². The van der Waals surface area contributed by atoms with Gasteiger partial charge in [0.05, 0.1) is 2.88 Å². The molecule has 0 aliphatic rings. The smallest absolute Gasteiger partial charge is 0.0688 e. The van der Waals surface area contributed by atoms with Crippen molar-refractivity contribution in [2.45, 2.75) is 33.6 Å². The SMILES string of the molecule is Cc1c(I)sc(C(C)C)c1C. The van der Waals surface area contributed by atoms with Crippen LogP contribution in [0.25, 0.3) is 0 Å². The lowest BCUT2D eigenvalue weighted by Gasteiger charge is -2.01. The predicted octanol–water partition coefficient (Wildman–Crippen LogP) is 4.09. The molecular formula is C9H13IS. The van der Waals surface area contributed by atoms with Gasteiger partial charge in [0.1, 0.15) is 0 Å². The summed E-state index contributed by atoms with van der Waals surface area (Å²) in [7, 11) is 0. The Balaban J connectivity index is 3.19. The fourth-order valence-electron chi connectivity index (χ4n) is 1.13. The largest absolute Gasteiger partial charge is 0.133 e. The third-order valence-electron chi connectivity index (χ3n) is 1.95. The molecule has 11 heavy (non-hydrogen) atoms. The van der Waals surface area contributed by atoms with Crippen LogP contribution in [0.2, 0.25) is 0 Å². The van der Waals surface area contributed by atoms with E-state index in [-0.39, 0.29) is 0 Å². The van der Waals surface area contributed by atoms with E-state index in [2.05, 4.69) is 50.3 Å². The minimum atomic E-state index is 0.683. The van der Waals surface area contributed by atoms with Crippen LogP contribution in [0.4, 0.5) is 0 Å². The molecule has 62 valence electrons. The summed E-state index contributed by atoms with van der Waals surface area (Å²) in [4.78, 5) is 1.55. The second-order valence-electron chi connectivity index (χ2n) is 3.14. The molecule has 0 saturated heterocycles. The van der Waals surface area contributed by atoms with Crippen molar-refractivity contribution in [2.75, 3.05) is 0 Å². The van der Waals surface area contributed by atoms with Gasteiger partial charge in [0.15, 0.2) is 0 Å². The molecule has 1 aromatic rings. The Morgan fingerprint density at radius 2 is 1.73 bits per heavy atom. The van der Waals surface area contributed by atoms with Crippen molar-refractivity contribution < 1.29 is 0 Å². The highest BCUT2D eigenvalue weighted by Crippen LogP contribution is 2.33. The van der Waals surface area contributed by atoms with Gasteiger partial charge in [0.25, 0.3) is 0 Å². The molecule has 1 heterocycles. The zero-order valence-electron chi connectivity index (χ0n) is 7.36. The first-order chi connectivity index (χ1) is 5.04. The van der Waals surface area contributed by atoms with Crippen LogP contribution >= 0.6 is 33.9 Å². The van der Waals surface area contributed by atoms with E-state index in [0.717, 1.165) is 0 Å². The third-order valence-corrected chi connectivity index (χ3v) is 4.90. The van der Waals surface area contributed by atoms with Crippen molar-refractivity contribution in [3.63, 3.8) is 0 Å². The molecule has 0 bridgehead atoms. The average molecular weight is 280 g/mol. The van der Waals surface area contributed by atoms with Gasteiger partial charge in [-0.25, -0.2) is 0 Å². The molecule has 0 aliphatic heterocycles. The van der Waals surface area contributed by atoms with Gasteiger partial charge in [0.2, 0.25) is 0 Å². The van der Waals surface area contributed by atoms with E-state index in [1.54, 1.807) is 4.88 Å². The van der Waals surface area contributed by atoms with E-state index in [9.17, 15) is 0 Å². The number of halogens is 1. The van der Waals surface area contributed by atoms with Crippen molar-refractivity contribution in [3.8, 4) is 0 Å². The molecule has 1 rings (SSSR count). The lowest BCUT2D eigenvalue weighted by atomic mass is 10.1. The highest BCUT2D eigenvalue weighted by molar-refractivity contribution is 14.1. The molecule has 0 amide bonds. The van der Waals surface area contributed by atoms with E-state index < -0.39 is 0 Å². The van der Waals surface area contributed by atoms with Crippen molar-refractivity contribution in [2.24, 2.45) is 0 Å². The van der Waals surface area contributed by atoms with Gasteiger partial charge in [-0.3, -0.25) is 0 Å². The van der Waals surface area contributed by atoms with Gasteiger partial charge in [0, 0.05) is 4.88 Å². The number of rotatable bonds is 1. The van der Waals surface area contributed by atoms with Gasteiger partial charge in [-0.05, 0) is 53.5 Å². The quantitative estimate of drug-likeness (QED) is 0.680. The molecule has 1 aromatic heterocycles. The maximum absolute atomic E-state index is 2.42. The van der Waals surface area contributed by atoms with Gasteiger partial charge in [-0.2, -0.15) is 0 Å². The minimum absolute atomic E-state index is 0.683. The highest BCUT2D eigenvalue weighted by Gasteiger charge is 2.11. The van der Waals surface area contributed by atoms with Crippen molar-refractivity contribution in [3.05, 3.63) is 18.9 Å². The molecule has 0 N–H and O–H groups in total. The molecule has 0 saturated carbocycles. The summed E-state index contributed by atoms with van der Waals surface area (Å²) in [6, 6.07) is 0. The predicted molar refractivity (Wildman–Crippen MR) is 60.6 cm³/mol. The Bertz CT molecular complexity index is 261. The molecule has 0 nitrogen and oxygen atoms in total. The zero-order chi connectivity index (χ0) is 8.59. The number of hydrogen-bond donors (Lipinski definition) is 0. The van der Waals surface area contributed by atoms with Gasteiger partial charge < -0.3 is 0 Å². The van der Waals surface area contributed by atoms with Gasteiger partial charge in [-0.1, -0.05) is 13.8 Å². The van der Waals surface area contributed by atoms with E-state index in [1.165, 1.54) is 14.0 Å². The molecule has 0 unspecified atom stereocenters. The summed E-state index contributed by atoms with van der Waals surface area (Å²) in [5.41, 5.74) is 2.97. The van der Waals surface area contributed by atoms with Crippen molar-refractivity contribution in [1.82, 2.24) is 0 Å². The van der Waals surface area contributed by atoms with Crippen LogP contribution in [0.5, 0.6) is 0 Å². The van der Waals surface area contributed by atoms with Crippen LogP contribution in [0.3, 0.4) is 0 Å². The van der Waals surface area contributed by atoms with Crippen LogP contribution < -0.4 is 0 Å². The molecule has 0 spiro atoms. The maximum atomic E-state index is 2.42. The first-order valence-electron chi connectivity index (χ1n) is 3.79. The van der Waals surface area contributed by atoms with E-state index in [4.69, 9.17) is 0 Å². The molecule has 0 fully saturated rings. The summed E-state index contributed by atoms with van der Waals surface area (Å²) < 4.78 is 1.45. The average Bonchev–Trinajstić information content (AvgIpc) is 2.17. The Kier molecular flexibility index (Phi) is 2.97. The first kappa shape index (κ1) is 9.52. The van der Waals surface area contributed by atoms with Gasteiger partial charge >= 0.3 is 0 Å². The number of thiophene rings is 1. The Labute approximate surface area is 86.2 Å². The summed E-state index contributed by atoms with van der Waals surface area (Å²) in [5, 5.41) is 0. The van der Waals surface area contributed by atoms with Crippen molar-refractivity contribution >= 4 is 33.9 Å². The maximum Gasteiger partial charge on any atom is 0.0688 e. The molecule has 2 heteroatoms. The standard InChI is InChI=1S/C9H13IS/c1-5(2)8-6(3)7(4)9(10)11-8/h5H,1-4H3. The van der Waals surface area contributed by atoms with Crippen LogP contribution in [-0.2, 0) is 0 Å². The lowest BCUT2D eigenvalue weighted by molar-refractivity contribution is 0.879. The van der Waals surface area contributed by atoms with E-state index in [0.29, 0.717) is 5.92 Å².